The molecule has 0 bridgehead atoms. The Labute approximate surface area is 151 Å². The molecular formula is C18H24N4O2S. The lowest BCUT2D eigenvalue weighted by atomic mass is 9.94. The van der Waals surface area contributed by atoms with Crippen LogP contribution < -0.4 is 5.32 Å². The number of carbonyl (C=O) groups excluding carboxylic acids is 2. The molecule has 0 radical (unpaired) electrons. The molecule has 1 N–H and O–H groups in total. The SMILES string of the molecule is Cc1nn(C)c2sc(C(=O)NC3CC(=O)N(C4CCCCC4)C3)cc12. The lowest BCUT2D eigenvalue weighted by Gasteiger charge is -2.31. The maximum absolute atomic E-state index is 12.6. The summed E-state index contributed by atoms with van der Waals surface area (Å²) in [5.41, 5.74) is 0.937. The van der Waals surface area contributed by atoms with Crippen LogP contribution in [-0.4, -0.2) is 45.1 Å². The third-order valence-corrected chi connectivity index (χ3v) is 6.63. The van der Waals surface area contributed by atoms with Gasteiger partial charge in [0, 0.05) is 31.4 Å². The van der Waals surface area contributed by atoms with E-state index in [1.807, 2.05) is 29.6 Å². The highest BCUT2D eigenvalue weighted by Gasteiger charge is 2.35. The second-order valence-corrected chi connectivity index (χ2v) is 8.28. The molecule has 0 aromatic carbocycles. The Morgan fingerprint density at radius 1 is 1.32 bits per heavy atom. The first kappa shape index (κ1) is 16.6. The largest absolute Gasteiger partial charge is 0.346 e. The van der Waals surface area contributed by atoms with E-state index in [0.29, 0.717) is 23.9 Å². The van der Waals surface area contributed by atoms with Gasteiger partial charge in [0.05, 0.1) is 16.6 Å². The van der Waals surface area contributed by atoms with Crippen LogP contribution in [0.4, 0.5) is 0 Å². The summed E-state index contributed by atoms with van der Waals surface area (Å²) >= 11 is 1.46. The average Bonchev–Trinajstić information content (AvgIpc) is 3.25. The van der Waals surface area contributed by atoms with Crippen molar-refractivity contribution in [2.75, 3.05) is 6.54 Å². The quantitative estimate of drug-likeness (QED) is 0.915. The minimum Gasteiger partial charge on any atom is -0.346 e. The molecule has 2 aromatic rings. The molecule has 7 heteroatoms. The fraction of sp³-hybridized carbons (Fsp3) is 0.611. The average molecular weight is 360 g/mol. The van der Waals surface area contributed by atoms with E-state index < -0.39 is 0 Å². The van der Waals surface area contributed by atoms with Gasteiger partial charge in [-0.15, -0.1) is 11.3 Å². The Bertz CT molecular complexity index is 784. The van der Waals surface area contributed by atoms with Gasteiger partial charge in [-0.05, 0) is 25.8 Å². The van der Waals surface area contributed by atoms with Gasteiger partial charge in [-0.2, -0.15) is 5.10 Å². The molecule has 1 saturated carbocycles. The number of likely N-dealkylation sites (tertiary alicyclic amines) is 1. The maximum Gasteiger partial charge on any atom is 0.261 e. The predicted molar refractivity (Wildman–Crippen MR) is 97.8 cm³/mol. The molecule has 0 spiro atoms. The first-order chi connectivity index (χ1) is 12.0. The van der Waals surface area contributed by atoms with Crippen LogP contribution in [-0.2, 0) is 11.8 Å². The van der Waals surface area contributed by atoms with Gasteiger partial charge in [0.15, 0.2) is 0 Å². The van der Waals surface area contributed by atoms with Crippen molar-refractivity contribution in [2.45, 2.75) is 57.5 Å². The van der Waals surface area contributed by atoms with Crippen LogP contribution in [0.5, 0.6) is 0 Å². The van der Waals surface area contributed by atoms with E-state index in [4.69, 9.17) is 0 Å². The standard InChI is InChI=1S/C18H24N4O2S/c1-11-14-9-15(25-18(14)21(2)20-11)17(24)19-12-8-16(23)22(10-12)13-6-4-3-5-7-13/h9,12-13H,3-8,10H2,1-2H3,(H,19,24). The maximum atomic E-state index is 12.6. The summed E-state index contributed by atoms with van der Waals surface area (Å²) in [4.78, 5) is 28.7. The lowest BCUT2D eigenvalue weighted by molar-refractivity contribution is -0.130. The number of nitrogens with zero attached hydrogens (tertiary/aromatic N) is 3. The summed E-state index contributed by atoms with van der Waals surface area (Å²) in [7, 11) is 1.89. The molecule has 4 rings (SSSR count). The summed E-state index contributed by atoms with van der Waals surface area (Å²) in [5.74, 6) is 0.109. The topological polar surface area (TPSA) is 67.2 Å². The molecule has 3 heterocycles. The van der Waals surface area contributed by atoms with Crippen molar-refractivity contribution in [1.29, 1.82) is 0 Å². The van der Waals surface area contributed by atoms with Crippen LogP contribution in [0.3, 0.4) is 0 Å². The van der Waals surface area contributed by atoms with Crippen LogP contribution in [0.1, 0.15) is 53.9 Å². The fourth-order valence-electron chi connectivity index (χ4n) is 4.15. The van der Waals surface area contributed by atoms with Gasteiger partial charge in [-0.3, -0.25) is 14.3 Å². The second kappa shape index (κ2) is 6.44. The number of aryl methyl sites for hydroxylation is 2. The molecule has 1 saturated heterocycles. The van der Waals surface area contributed by atoms with E-state index in [0.717, 1.165) is 28.8 Å². The van der Waals surface area contributed by atoms with Crippen LogP contribution in [0.2, 0.25) is 0 Å². The molecule has 2 aliphatic rings. The monoisotopic (exact) mass is 360 g/mol. The highest BCUT2D eigenvalue weighted by Crippen LogP contribution is 2.29. The van der Waals surface area contributed by atoms with Gasteiger partial charge in [0.1, 0.15) is 4.83 Å². The molecule has 1 aliphatic heterocycles. The van der Waals surface area contributed by atoms with Gasteiger partial charge in [-0.1, -0.05) is 19.3 Å². The van der Waals surface area contributed by atoms with Crippen LogP contribution in [0.25, 0.3) is 10.2 Å². The number of carbonyl (C=O) groups is 2. The number of thiophene rings is 1. The molecule has 1 atom stereocenters. The zero-order valence-corrected chi connectivity index (χ0v) is 15.6. The lowest BCUT2D eigenvalue weighted by Crippen LogP contribution is -2.41. The predicted octanol–water partition coefficient (Wildman–Crippen LogP) is 2.61. The van der Waals surface area contributed by atoms with Crippen LogP contribution in [0, 0.1) is 6.92 Å². The Morgan fingerprint density at radius 3 is 2.80 bits per heavy atom. The summed E-state index contributed by atoms with van der Waals surface area (Å²) in [5, 5.41) is 8.46. The van der Waals surface area contributed by atoms with Crippen molar-refractivity contribution in [3.8, 4) is 0 Å². The van der Waals surface area contributed by atoms with Crippen molar-refractivity contribution in [2.24, 2.45) is 7.05 Å². The molecule has 1 unspecified atom stereocenters. The molecule has 2 amide bonds. The Balaban J connectivity index is 1.43. The van der Waals surface area contributed by atoms with Crippen molar-refractivity contribution >= 4 is 33.4 Å². The van der Waals surface area contributed by atoms with Crippen molar-refractivity contribution in [3.63, 3.8) is 0 Å². The fourth-order valence-corrected chi connectivity index (χ4v) is 5.17. The number of amides is 2. The van der Waals surface area contributed by atoms with Gasteiger partial charge in [0.2, 0.25) is 5.91 Å². The van der Waals surface area contributed by atoms with Crippen LogP contribution >= 0.6 is 11.3 Å². The van der Waals surface area contributed by atoms with Gasteiger partial charge in [0.25, 0.3) is 5.91 Å². The summed E-state index contributed by atoms with van der Waals surface area (Å²) in [6, 6.07) is 2.21. The molecule has 134 valence electrons. The molecule has 25 heavy (non-hydrogen) atoms. The minimum absolute atomic E-state index is 0.0774. The molecule has 6 nitrogen and oxygen atoms in total. The highest BCUT2D eigenvalue weighted by atomic mass is 32.1. The molecule has 2 fully saturated rings. The zero-order chi connectivity index (χ0) is 17.6. The summed E-state index contributed by atoms with van der Waals surface area (Å²) < 4.78 is 1.82. The molecular weight excluding hydrogens is 336 g/mol. The van der Waals surface area contributed by atoms with E-state index in [1.165, 1.54) is 30.6 Å². The smallest absolute Gasteiger partial charge is 0.261 e. The number of hydrogen-bond donors (Lipinski definition) is 1. The van der Waals surface area contributed by atoms with Crippen LogP contribution in [0.15, 0.2) is 6.07 Å². The Hall–Kier alpha value is -1.89. The second-order valence-electron chi connectivity index (χ2n) is 7.25. The van der Waals surface area contributed by atoms with Crippen molar-refractivity contribution < 1.29 is 9.59 Å². The third kappa shape index (κ3) is 3.05. The normalized spacial score (nSPS) is 22.1. The van der Waals surface area contributed by atoms with E-state index in [1.54, 1.807) is 0 Å². The number of nitrogens with one attached hydrogen (secondary N) is 1. The zero-order valence-electron chi connectivity index (χ0n) is 14.7. The van der Waals surface area contributed by atoms with E-state index in [2.05, 4.69) is 10.4 Å². The number of rotatable bonds is 3. The van der Waals surface area contributed by atoms with Gasteiger partial charge in [-0.25, -0.2) is 0 Å². The molecule has 1 aliphatic carbocycles. The van der Waals surface area contributed by atoms with E-state index >= 15 is 0 Å². The van der Waals surface area contributed by atoms with E-state index in [-0.39, 0.29) is 17.9 Å². The van der Waals surface area contributed by atoms with Gasteiger partial charge >= 0.3 is 0 Å². The first-order valence-corrected chi connectivity index (χ1v) is 9.88. The minimum atomic E-state index is -0.0797. The number of fused-ring (bicyclic) bond motifs is 1. The van der Waals surface area contributed by atoms with Crippen molar-refractivity contribution in [3.05, 3.63) is 16.6 Å². The van der Waals surface area contributed by atoms with Crippen molar-refractivity contribution in [1.82, 2.24) is 20.0 Å². The summed E-state index contributed by atoms with van der Waals surface area (Å²) in [6.45, 7) is 2.61. The number of hydrogen-bond acceptors (Lipinski definition) is 4. The first-order valence-electron chi connectivity index (χ1n) is 9.06. The third-order valence-electron chi connectivity index (χ3n) is 5.43. The summed E-state index contributed by atoms with van der Waals surface area (Å²) in [6.07, 6.45) is 6.33. The van der Waals surface area contributed by atoms with Gasteiger partial charge < -0.3 is 10.2 Å². The highest BCUT2D eigenvalue weighted by molar-refractivity contribution is 7.20. The molecule has 2 aromatic heterocycles. The Kier molecular flexibility index (Phi) is 4.27. The number of aromatic nitrogens is 2. The van der Waals surface area contributed by atoms with E-state index in [9.17, 15) is 9.59 Å². The Morgan fingerprint density at radius 2 is 2.08 bits per heavy atom.